The smallest absolute Gasteiger partial charge is 0.202 e. The summed E-state index contributed by atoms with van der Waals surface area (Å²) < 4.78 is 15.5. The van der Waals surface area contributed by atoms with E-state index in [2.05, 4.69) is 63.4 Å². The summed E-state index contributed by atoms with van der Waals surface area (Å²) in [6, 6.07) is 30.9. The molecule has 4 aromatic carbocycles. The van der Waals surface area contributed by atoms with Gasteiger partial charge in [0.15, 0.2) is 0 Å². The Morgan fingerprint density at radius 1 is 0.525 bits per heavy atom. The third kappa shape index (κ3) is 5.72. The van der Waals surface area contributed by atoms with Crippen molar-refractivity contribution in [3.63, 3.8) is 0 Å². The maximum absolute atomic E-state index is 11.2. The molecule has 0 amide bonds. The highest BCUT2D eigenvalue weighted by Crippen LogP contribution is 2.61. The van der Waals surface area contributed by atoms with Crippen molar-refractivity contribution in [2.24, 2.45) is 0 Å². The Kier molecular flexibility index (Phi) is 8.46. The van der Waals surface area contributed by atoms with Gasteiger partial charge < -0.3 is 29.9 Å². The molecule has 59 heavy (non-hydrogen) atoms. The lowest BCUT2D eigenvalue weighted by atomic mass is 9.78. The molecule has 0 aliphatic heterocycles. The first kappa shape index (κ1) is 36.5. The minimum Gasteiger partial charge on any atom is -0.494 e. The molecular weight excluding hydrogens is 737 g/mol. The van der Waals surface area contributed by atoms with Crippen LogP contribution in [0.3, 0.4) is 0 Å². The minimum absolute atomic E-state index is 0.0990. The second kappa shape index (κ2) is 13.7. The average molecular weight is 783 g/mol. The van der Waals surface area contributed by atoms with Crippen LogP contribution in [0.15, 0.2) is 146 Å². The van der Waals surface area contributed by atoms with Crippen molar-refractivity contribution in [1.82, 2.24) is 9.13 Å². The van der Waals surface area contributed by atoms with E-state index < -0.39 is 0 Å². The molecule has 4 bridgehead atoms. The van der Waals surface area contributed by atoms with Crippen LogP contribution in [-0.2, 0) is 5.41 Å². The van der Waals surface area contributed by atoms with Gasteiger partial charge in [-0.2, -0.15) is 0 Å². The molecule has 4 unspecified atom stereocenters. The predicted octanol–water partition coefficient (Wildman–Crippen LogP) is 12.2. The minimum atomic E-state index is -0.300. The lowest BCUT2D eigenvalue weighted by molar-refractivity contribution is 0.394. The van der Waals surface area contributed by atoms with Gasteiger partial charge in [-0.15, -0.1) is 13.2 Å². The number of allylic oxidation sites excluding steroid dienone is 6. The van der Waals surface area contributed by atoms with E-state index in [1.807, 2.05) is 84.9 Å². The van der Waals surface area contributed by atoms with Gasteiger partial charge in [0.05, 0.1) is 11.4 Å². The highest BCUT2D eigenvalue weighted by molar-refractivity contribution is 5.65. The van der Waals surface area contributed by atoms with Gasteiger partial charge in [-0.25, -0.2) is 0 Å². The Balaban J connectivity index is 0.783. The van der Waals surface area contributed by atoms with Crippen molar-refractivity contribution in [3.8, 4) is 57.9 Å². The van der Waals surface area contributed by atoms with Crippen LogP contribution < -0.4 is 9.47 Å². The Labute approximate surface area is 343 Å². The van der Waals surface area contributed by atoms with Crippen LogP contribution in [0.2, 0.25) is 0 Å². The molecule has 4 aliphatic rings. The third-order valence-electron chi connectivity index (χ3n) is 13.1. The van der Waals surface area contributed by atoms with Crippen LogP contribution in [0.25, 0.3) is 11.4 Å². The molecule has 0 saturated heterocycles. The second-order valence-corrected chi connectivity index (χ2v) is 16.7. The molecule has 8 heteroatoms. The topological polar surface area (TPSA) is 109 Å². The summed E-state index contributed by atoms with van der Waals surface area (Å²) in [5.74, 6) is 3.56. The number of hydrogen-bond acceptors (Lipinski definition) is 6. The first-order chi connectivity index (χ1) is 28.5. The van der Waals surface area contributed by atoms with Gasteiger partial charge in [0.1, 0.15) is 23.0 Å². The Morgan fingerprint density at radius 3 is 1.19 bits per heavy atom. The van der Waals surface area contributed by atoms with Crippen molar-refractivity contribution in [2.45, 2.75) is 68.6 Å². The van der Waals surface area contributed by atoms with E-state index in [1.54, 1.807) is 0 Å². The lowest BCUT2D eigenvalue weighted by Gasteiger charge is -2.26. The normalized spacial score (nSPS) is 19.6. The van der Waals surface area contributed by atoms with E-state index in [0.717, 1.165) is 59.1 Å². The summed E-state index contributed by atoms with van der Waals surface area (Å²) in [5.41, 5.74) is 9.14. The van der Waals surface area contributed by atoms with E-state index in [0.29, 0.717) is 34.4 Å². The summed E-state index contributed by atoms with van der Waals surface area (Å²) in [6.07, 6.45) is 11.6. The molecule has 0 fully saturated rings. The van der Waals surface area contributed by atoms with Crippen LogP contribution in [0.1, 0.15) is 96.6 Å². The predicted molar refractivity (Wildman–Crippen MR) is 229 cm³/mol. The molecule has 2 heterocycles. The van der Waals surface area contributed by atoms with Gasteiger partial charge in [-0.3, -0.25) is 9.13 Å². The SMILES string of the molecule is C=CCC1=CC2CC1c1c2c(O)n(-c2ccc(Oc3ccc(C(C)(C)c4ccc(Oc5ccc(-n6c(O)c7c(c6O)C6CC7C=C6CC=C)cc5)cc4)cc3)cc2)c1O. The zero-order chi connectivity index (χ0) is 40.7. The second-order valence-electron chi connectivity index (χ2n) is 16.7. The van der Waals surface area contributed by atoms with E-state index in [1.165, 1.54) is 20.3 Å². The van der Waals surface area contributed by atoms with Gasteiger partial charge in [0.25, 0.3) is 0 Å². The van der Waals surface area contributed by atoms with Gasteiger partial charge in [0.2, 0.25) is 23.5 Å². The van der Waals surface area contributed by atoms with Crippen molar-refractivity contribution < 1.29 is 29.9 Å². The van der Waals surface area contributed by atoms with Crippen LogP contribution in [0.5, 0.6) is 46.5 Å². The lowest BCUT2D eigenvalue weighted by Crippen LogP contribution is -2.18. The van der Waals surface area contributed by atoms with Gasteiger partial charge in [-0.1, -0.05) is 73.6 Å². The summed E-state index contributed by atoms with van der Waals surface area (Å²) in [7, 11) is 0. The number of rotatable bonds is 12. The number of ether oxygens (including phenoxy) is 2. The van der Waals surface area contributed by atoms with Gasteiger partial charge >= 0.3 is 0 Å². The zero-order valence-electron chi connectivity index (χ0n) is 33.1. The van der Waals surface area contributed by atoms with E-state index in [9.17, 15) is 20.4 Å². The molecule has 4 N–H and O–H groups in total. The van der Waals surface area contributed by atoms with E-state index >= 15 is 0 Å². The molecule has 0 radical (unpaired) electrons. The highest BCUT2D eigenvalue weighted by Gasteiger charge is 2.46. The van der Waals surface area contributed by atoms with E-state index in [4.69, 9.17) is 9.47 Å². The Bertz CT molecular complexity index is 2520. The maximum atomic E-state index is 11.2. The van der Waals surface area contributed by atoms with Crippen molar-refractivity contribution >= 4 is 0 Å². The van der Waals surface area contributed by atoms with E-state index in [-0.39, 0.29) is 52.6 Å². The Hall–Kier alpha value is -6.80. The summed E-state index contributed by atoms with van der Waals surface area (Å²) >= 11 is 0. The van der Waals surface area contributed by atoms with Gasteiger partial charge in [-0.05, 0) is 110 Å². The maximum Gasteiger partial charge on any atom is 0.202 e. The average Bonchev–Trinajstić information content (AvgIpc) is 4.09. The third-order valence-corrected chi connectivity index (χ3v) is 13.1. The fourth-order valence-corrected chi connectivity index (χ4v) is 10.2. The Morgan fingerprint density at radius 2 is 0.847 bits per heavy atom. The number of hydrogen-bond donors (Lipinski definition) is 4. The quantitative estimate of drug-likeness (QED) is 0.0921. The van der Waals surface area contributed by atoms with Crippen LogP contribution in [0.4, 0.5) is 0 Å². The number of aromatic nitrogens is 2. The first-order valence-electron chi connectivity index (χ1n) is 20.3. The number of fused-ring (bicyclic) bond motifs is 10. The monoisotopic (exact) mass is 782 g/mol. The van der Waals surface area contributed by atoms with Crippen LogP contribution in [-0.4, -0.2) is 29.6 Å². The molecule has 10 rings (SSSR count). The molecule has 4 atom stereocenters. The number of nitrogens with zero attached hydrogens (tertiary/aromatic N) is 2. The van der Waals surface area contributed by atoms with Crippen molar-refractivity contribution in [1.29, 1.82) is 0 Å². The molecule has 0 saturated carbocycles. The zero-order valence-corrected chi connectivity index (χ0v) is 33.1. The molecule has 296 valence electrons. The van der Waals surface area contributed by atoms with Gasteiger partial charge in [0, 0.05) is 51.3 Å². The fraction of sp³-hybridized carbons (Fsp3) is 0.216. The molecule has 8 nitrogen and oxygen atoms in total. The van der Waals surface area contributed by atoms with Crippen LogP contribution >= 0.6 is 0 Å². The summed E-state index contributed by atoms with van der Waals surface area (Å²) in [6.45, 7) is 12.1. The highest BCUT2D eigenvalue weighted by atomic mass is 16.5. The standard InChI is InChI=1S/C51H46N2O6/c1-5-7-29-25-31-27-41(29)45-43(31)47(54)52(49(45)56)35-13-21-39(22-14-35)58-37-17-9-33(10-18-37)51(3,4)34-11-19-38(20-12-34)59-40-23-15-36(16-24-40)53-48(55)44-32-26-30(8-6-2)42(28-32)46(44)50(53)57/h5-6,9-26,31-32,41-42,54-57H,1-2,7-8,27-28H2,3-4H3. The number of aromatic hydroxyl groups is 4. The molecule has 4 aliphatic carbocycles. The summed E-state index contributed by atoms with van der Waals surface area (Å²) in [4.78, 5) is 0. The fourth-order valence-electron chi connectivity index (χ4n) is 10.2. The van der Waals surface area contributed by atoms with Crippen molar-refractivity contribution in [3.05, 3.63) is 179 Å². The largest absolute Gasteiger partial charge is 0.494 e. The molecular formula is C51H46N2O6. The summed E-state index contributed by atoms with van der Waals surface area (Å²) in [5, 5.41) is 44.8. The molecule has 6 aromatic rings. The van der Waals surface area contributed by atoms with Crippen LogP contribution in [0, 0.1) is 0 Å². The first-order valence-corrected chi connectivity index (χ1v) is 20.3. The molecule has 2 aromatic heterocycles. The van der Waals surface area contributed by atoms with Crippen molar-refractivity contribution in [2.75, 3.05) is 0 Å². The number of benzene rings is 4. The molecule has 0 spiro atoms.